The molecule has 0 radical (unpaired) electrons. The molecule has 1 aromatic rings. The van der Waals surface area contributed by atoms with Crippen molar-refractivity contribution in [3.63, 3.8) is 0 Å². The molecule has 19 heavy (non-hydrogen) atoms. The molecule has 1 rings (SSSR count). The molecule has 0 unspecified atom stereocenters. The standard InChI is InChI=1S/C12H12O7/c1-3-18-11(16)9(15)5-8(14)10-7(13)4-6(2)19-12(10)17/h4-5,13-14H,3H2,1-2H3/b8-5-. The summed E-state index contributed by atoms with van der Waals surface area (Å²) >= 11 is 0. The van der Waals surface area contributed by atoms with E-state index in [1.54, 1.807) is 0 Å². The fraction of sp³-hybridized carbons (Fsp3) is 0.250. The molecule has 0 amide bonds. The van der Waals surface area contributed by atoms with Crippen LogP contribution in [0.2, 0.25) is 0 Å². The van der Waals surface area contributed by atoms with Gasteiger partial charge in [-0.1, -0.05) is 0 Å². The topological polar surface area (TPSA) is 114 Å². The van der Waals surface area contributed by atoms with Gasteiger partial charge in [0.25, 0.3) is 5.78 Å². The third-order valence-corrected chi connectivity index (χ3v) is 2.05. The molecular formula is C12H12O7. The summed E-state index contributed by atoms with van der Waals surface area (Å²) in [5.74, 6) is -3.62. The van der Waals surface area contributed by atoms with E-state index in [9.17, 15) is 24.6 Å². The van der Waals surface area contributed by atoms with E-state index in [1.807, 2.05) is 0 Å². The molecule has 7 nitrogen and oxygen atoms in total. The maximum Gasteiger partial charge on any atom is 0.379 e. The Balaban J connectivity index is 3.14. The molecule has 0 aliphatic carbocycles. The lowest BCUT2D eigenvalue weighted by Crippen LogP contribution is -2.16. The van der Waals surface area contributed by atoms with E-state index in [1.165, 1.54) is 13.8 Å². The van der Waals surface area contributed by atoms with E-state index < -0.39 is 34.5 Å². The molecule has 0 aromatic carbocycles. The van der Waals surface area contributed by atoms with Crippen LogP contribution in [0.25, 0.3) is 5.76 Å². The van der Waals surface area contributed by atoms with Gasteiger partial charge in [-0.3, -0.25) is 4.79 Å². The monoisotopic (exact) mass is 268 g/mol. The first kappa shape index (κ1) is 14.5. The van der Waals surface area contributed by atoms with Gasteiger partial charge in [0.15, 0.2) is 0 Å². The molecule has 0 saturated carbocycles. The summed E-state index contributed by atoms with van der Waals surface area (Å²) in [6.45, 7) is 2.93. The minimum atomic E-state index is -1.18. The normalized spacial score (nSPS) is 11.2. The van der Waals surface area contributed by atoms with Crippen molar-refractivity contribution >= 4 is 17.5 Å². The lowest BCUT2D eigenvalue weighted by atomic mass is 10.2. The second-order valence-electron chi connectivity index (χ2n) is 3.52. The summed E-state index contributed by atoms with van der Waals surface area (Å²) in [5.41, 5.74) is -1.62. The van der Waals surface area contributed by atoms with Gasteiger partial charge in [-0.05, 0) is 13.8 Å². The van der Waals surface area contributed by atoms with E-state index in [0.29, 0.717) is 6.08 Å². The third kappa shape index (κ3) is 3.44. The van der Waals surface area contributed by atoms with Crippen LogP contribution in [-0.2, 0) is 14.3 Å². The quantitative estimate of drug-likeness (QED) is 0.357. The fourth-order valence-electron chi connectivity index (χ4n) is 1.29. The number of aliphatic hydroxyl groups is 1. The predicted molar refractivity (Wildman–Crippen MR) is 63.6 cm³/mol. The first-order chi connectivity index (χ1) is 8.86. The molecule has 7 heteroatoms. The highest BCUT2D eigenvalue weighted by atomic mass is 16.5. The van der Waals surface area contributed by atoms with Crippen molar-refractivity contribution in [1.82, 2.24) is 0 Å². The lowest BCUT2D eigenvalue weighted by molar-refractivity contribution is -0.151. The van der Waals surface area contributed by atoms with Crippen LogP contribution in [-0.4, -0.2) is 28.6 Å². The Morgan fingerprint density at radius 2 is 2.11 bits per heavy atom. The number of hydrogen-bond acceptors (Lipinski definition) is 7. The summed E-state index contributed by atoms with van der Waals surface area (Å²) in [7, 11) is 0. The van der Waals surface area contributed by atoms with Crippen LogP contribution in [0, 0.1) is 6.92 Å². The van der Waals surface area contributed by atoms with Crippen molar-refractivity contribution in [1.29, 1.82) is 0 Å². The summed E-state index contributed by atoms with van der Waals surface area (Å²) in [6, 6.07) is 1.09. The second kappa shape index (κ2) is 5.85. The SMILES string of the molecule is CCOC(=O)C(=O)/C=C(\O)c1c(O)cc(C)oc1=O. The summed E-state index contributed by atoms with van der Waals surface area (Å²) in [4.78, 5) is 33.7. The van der Waals surface area contributed by atoms with Gasteiger partial charge in [-0.15, -0.1) is 0 Å². The zero-order chi connectivity index (χ0) is 14.6. The molecule has 0 aliphatic rings. The number of rotatable bonds is 4. The van der Waals surface area contributed by atoms with Gasteiger partial charge in [0.1, 0.15) is 22.8 Å². The highest BCUT2D eigenvalue weighted by Gasteiger charge is 2.18. The van der Waals surface area contributed by atoms with Gasteiger partial charge in [0, 0.05) is 12.1 Å². The van der Waals surface area contributed by atoms with Crippen molar-refractivity contribution in [2.75, 3.05) is 6.61 Å². The number of aromatic hydroxyl groups is 1. The van der Waals surface area contributed by atoms with Crippen LogP contribution in [0.5, 0.6) is 5.75 Å². The highest BCUT2D eigenvalue weighted by molar-refractivity contribution is 6.39. The summed E-state index contributed by atoms with van der Waals surface area (Å²) < 4.78 is 9.07. The van der Waals surface area contributed by atoms with E-state index in [2.05, 4.69) is 9.15 Å². The van der Waals surface area contributed by atoms with Gasteiger partial charge in [-0.2, -0.15) is 0 Å². The molecule has 0 fully saturated rings. The molecular weight excluding hydrogens is 256 g/mol. The number of ketones is 1. The highest BCUT2D eigenvalue weighted by Crippen LogP contribution is 2.20. The molecule has 0 bridgehead atoms. The first-order valence-electron chi connectivity index (χ1n) is 5.32. The van der Waals surface area contributed by atoms with E-state index in [-0.39, 0.29) is 12.4 Å². The van der Waals surface area contributed by atoms with Gasteiger partial charge in [0.05, 0.1) is 6.61 Å². The number of carbonyl (C=O) groups excluding carboxylic acids is 2. The largest absolute Gasteiger partial charge is 0.507 e. The molecule has 0 atom stereocenters. The number of hydrogen-bond donors (Lipinski definition) is 2. The van der Waals surface area contributed by atoms with Crippen molar-refractivity contribution in [2.24, 2.45) is 0 Å². The molecule has 1 heterocycles. The molecule has 1 aromatic heterocycles. The number of carbonyl (C=O) groups is 2. The average molecular weight is 268 g/mol. The minimum absolute atomic E-state index is 0.00288. The Kier molecular flexibility index (Phi) is 4.46. The van der Waals surface area contributed by atoms with Gasteiger partial charge in [-0.25, -0.2) is 9.59 Å². The van der Waals surface area contributed by atoms with E-state index in [4.69, 9.17) is 0 Å². The van der Waals surface area contributed by atoms with Crippen LogP contribution in [0.15, 0.2) is 21.4 Å². The zero-order valence-corrected chi connectivity index (χ0v) is 10.3. The number of esters is 1. The third-order valence-electron chi connectivity index (χ3n) is 2.05. The first-order valence-corrected chi connectivity index (χ1v) is 5.32. The average Bonchev–Trinajstić information content (AvgIpc) is 2.27. The van der Waals surface area contributed by atoms with Crippen LogP contribution < -0.4 is 5.63 Å². The smallest absolute Gasteiger partial charge is 0.379 e. The molecule has 2 N–H and O–H groups in total. The van der Waals surface area contributed by atoms with Crippen LogP contribution in [0.4, 0.5) is 0 Å². The van der Waals surface area contributed by atoms with Crippen molar-refractivity contribution in [3.8, 4) is 5.75 Å². The fourth-order valence-corrected chi connectivity index (χ4v) is 1.29. The minimum Gasteiger partial charge on any atom is -0.507 e. The van der Waals surface area contributed by atoms with Crippen molar-refractivity contribution in [3.05, 3.63) is 33.9 Å². The van der Waals surface area contributed by atoms with Gasteiger partial charge < -0.3 is 19.4 Å². The Hall–Kier alpha value is -2.57. The maximum atomic E-state index is 11.4. The van der Waals surface area contributed by atoms with E-state index in [0.717, 1.165) is 6.07 Å². The summed E-state index contributed by atoms with van der Waals surface area (Å²) in [5, 5.41) is 19.1. The van der Waals surface area contributed by atoms with Crippen molar-refractivity contribution < 1.29 is 29.0 Å². The Labute approximate surface area is 107 Å². The van der Waals surface area contributed by atoms with Crippen LogP contribution >= 0.6 is 0 Å². The van der Waals surface area contributed by atoms with Crippen molar-refractivity contribution in [2.45, 2.75) is 13.8 Å². The van der Waals surface area contributed by atoms with E-state index >= 15 is 0 Å². The molecule has 102 valence electrons. The second-order valence-corrected chi connectivity index (χ2v) is 3.52. The van der Waals surface area contributed by atoms with Crippen LogP contribution in [0.1, 0.15) is 18.2 Å². The molecule has 0 aliphatic heterocycles. The lowest BCUT2D eigenvalue weighted by Gasteiger charge is -2.02. The molecule has 0 saturated heterocycles. The van der Waals surface area contributed by atoms with Crippen LogP contribution in [0.3, 0.4) is 0 Å². The number of ether oxygens (including phenoxy) is 1. The van der Waals surface area contributed by atoms with Gasteiger partial charge in [0.2, 0.25) is 0 Å². The molecule has 0 spiro atoms. The number of aryl methyl sites for hydroxylation is 1. The maximum absolute atomic E-state index is 11.4. The zero-order valence-electron chi connectivity index (χ0n) is 10.3. The summed E-state index contributed by atoms with van der Waals surface area (Å²) in [6.07, 6.45) is 0.485. The Morgan fingerprint density at radius 1 is 1.47 bits per heavy atom. The predicted octanol–water partition coefficient (Wildman–Crippen LogP) is 0.685. The Bertz CT molecular complexity index is 595. The Morgan fingerprint density at radius 3 is 2.63 bits per heavy atom. The van der Waals surface area contributed by atoms with Gasteiger partial charge >= 0.3 is 11.6 Å². The number of aliphatic hydroxyl groups excluding tert-OH is 1.